The van der Waals surface area contributed by atoms with Crippen LogP contribution >= 0.6 is 0 Å². The predicted molar refractivity (Wildman–Crippen MR) is 82.2 cm³/mol. The number of aromatic amines is 1. The van der Waals surface area contributed by atoms with Gasteiger partial charge in [-0.2, -0.15) is 5.26 Å². The Morgan fingerprint density at radius 3 is 2.71 bits per heavy atom. The van der Waals surface area contributed by atoms with Crippen molar-refractivity contribution >= 4 is 22.4 Å². The number of nitriles is 1. The first-order chi connectivity index (χ1) is 10.1. The smallest absolute Gasteiger partial charge is 0.125 e. The molecule has 0 saturated heterocycles. The minimum absolute atomic E-state index is 0.264. The molecule has 3 nitrogen and oxygen atoms in total. The Bertz CT molecular complexity index is 858. The summed E-state index contributed by atoms with van der Waals surface area (Å²) in [6.45, 7) is 2.01. The van der Waals surface area contributed by atoms with E-state index in [0.29, 0.717) is 5.56 Å². The standard InChI is InChI=1S/C17H14FN3/c1-11-15-7-6-12(10-19)8-16(15)20-17(11)21(2)14-5-3-4-13(18)9-14/h3-9,20H,1-2H3. The Labute approximate surface area is 122 Å². The number of benzene rings is 2. The molecule has 21 heavy (non-hydrogen) atoms. The molecule has 0 aliphatic heterocycles. The Balaban J connectivity index is 2.12. The number of aromatic nitrogens is 1. The second-order valence-electron chi connectivity index (χ2n) is 5.01. The monoisotopic (exact) mass is 279 g/mol. The van der Waals surface area contributed by atoms with Gasteiger partial charge in [-0.1, -0.05) is 12.1 Å². The van der Waals surface area contributed by atoms with Crippen LogP contribution in [0.15, 0.2) is 42.5 Å². The summed E-state index contributed by atoms with van der Waals surface area (Å²) >= 11 is 0. The van der Waals surface area contributed by atoms with E-state index in [1.807, 2.05) is 37.1 Å². The third-order valence-corrected chi connectivity index (χ3v) is 3.69. The van der Waals surface area contributed by atoms with Crippen molar-refractivity contribution in [2.75, 3.05) is 11.9 Å². The lowest BCUT2D eigenvalue weighted by molar-refractivity contribution is 0.628. The average Bonchev–Trinajstić information content (AvgIpc) is 2.83. The number of nitrogens with one attached hydrogen (secondary N) is 1. The fourth-order valence-corrected chi connectivity index (χ4v) is 2.54. The SMILES string of the molecule is Cc1c(N(C)c2cccc(F)c2)[nH]c2cc(C#N)ccc12. The molecule has 3 rings (SSSR count). The molecule has 0 saturated carbocycles. The van der Waals surface area contributed by atoms with Crippen LogP contribution in [0.5, 0.6) is 0 Å². The molecule has 2 aromatic carbocycles. The number of fused-ring (bicyclic) bond motifs is 1. The Hall–Kier alpha value is -2.80. The summed E-state index contributed by atoms with van der Waals surface area (Å²) < 4.78 is 13.4. The number of hydrogen-bond donors (Lipinski definition) is 1. The van der Waals surface area contributed by atoms with Crippen molar-refractivity contribution in [3.8, 4) is 6.07 Å². The summed E-state index contributed by atoms with van der Waals surface area (Å²) in [4.78, 5) is 5.22. The van der Waals surface area contributed by atoms with E-state index in [4.69, 9.17) is 5.26 Å². The van der Waals surface area contributed by atoms with E-state index in [0.717, 1.165) is 28.0 Å². The number of nitrogens with zero attached hydrogens (tertiary/aromatic N) is 2. The normalized spacial score (nSPS) is 10.6. The van der Waals surface area contributed by atoms with Gasteiger partial charge in [0.1, 0.15) is 11.6 Å². The molecule has 0 spiro atoms. The molecule has 1 N–H and O–H groups in total. The van der Waals surface area contributed by atoms with E-state index in [-0.39, 0.29) is 5.82 Å². The molecule has 0 aliphatic rings. The zero-order chi connectivity index (χ0) is 15.0. The highest BCUT2D eigenvalue weighted by Gasteiger charge is 2.13. The lowest BCUT2D eigenvalue weighted by Gasteiger charge is -2.18. The van der Waals surface area contributed by atoms with Crippen molar-refractivity contribution in [3.05, 3.63) is 59.4 Å². The lowest BCUT2D eigenvalue weighted by Crippen LogP contribution is -2.11. The van der Waals surface area contributed by atoms with Gasteiger partial charge in [0.25, 0.3) is 0 Å². The maximum absolute atomic E-state index is 13.4. The maximum atomic E-state index is 13.4. The van der Waals surface area contributed by atoms with Gasteiger partial charge in [0.05, 0.1) is 11.6 Å². The summed E-state index contributed by atoms with van der Waals surface area (Å²) in [5.74, 6) is 0.630. The fourth-order valence-electron chi connectivity index (χ4n) is 2.54. The topological polar surface area (TPSA) is 42.8 Å². The number of rotatable bonds is 2. The first kappa shape index (κ1) is 13.2. The molecule has 0 unspecified atom stereocenters. The van der Waals surface area contributed by atoms with Crippen molar-refractivity contribution in [3.63, 3.8) is 0 Å². The van der Waals surface area contributed by atoms with E-state index in [1.54, 1.807) is 12.1 Å². The largest absolute Gasteiger partial charge is 0.341 e. The van der Waals surface area contributed by atoms with Gasteiger partial charge in [-0.25, -0.2) is 4.39 Å². The maximum Gasteiger partial charge on any atom is 0.125 e. The van der Waals surface area contributed by atoms with Crippen LogP contribution in [-0.2, 0) is 0 Å². The molecular formula is C17H14FN3. The number of halogens is 1. The fraction of sp³-hybridized carbons (Fsp3) is 0.118. The molecule has 104 valence electrons. The van der Waals surface area contributed by atoms with E-state index in [1.165, 1.54) is 12.1 Å². The summed E-state index contributed by atoms with van der Waals surface area (Å²) in [5.41, 5.74) is 3.36. The van der Waals surface area contributed by atoms with Gasteiger partial charge in [-0.3, -0.25) is 0 Å². The lowest BCUT2D eigenvalue weighted by atomic mass is 10.1. The number of H-pyrrole nitrogens is 1. The second-order valence-corrected chi connectivity index (χ2v) is 5.01. The number of anilines is 2. The molecule has 0 radical (unpaired) electrons. The van der Waals surface area contributed by atoms with Gasteiger partial charge < -0.3 is 9.88 Å². The summed E-state index contributed by atoms with van der Waals surface area (Å²) in [7, 11) is 1.89. The van der Waals surface area contributed by atoms with Crippen molar-refractivity contribution in [2.45, 2.75) is 6.92 Å². The average molecular weight is 279 g/mol. The van der Waals surface area contributed by atoms with Crippen LogP contribution in [0.2, 0.25) is 0 Å². The molecule has 3 aromatic rings. The summed E-state index contributed by atoms with van der Waals surface area (Å²) in [6, 6.07) is 14.2. The van der Waals surface area contributed by atoms with Crippen molar-refractivity contribution in [1.29, 1.82) is 5.26 Å². The summed E-state index contributed by atoms with van der Waals surface area (Å²) in [6.07, 6.45) is 0. The highest BCUT2D eigenvalue weighted by molar-refractivity contribution is 5.90. The van der Waals surface area contributed by atoms with Crippen LogP contribution in [0.3, 0.4) is 0 Å². The van der Waals surface area contributed by atoms with Gasteiger partial charge in [-0.05, 0) is 42.8 Å². The first-order valence-corrected chi connectivity index (χ1v) is 6.62. The Morgan fingerprint density at radius 2 is 2.00 bits per heavy atom. The Kier molecular flexibility index (Phi) is 3.11. The summed E-state index contributed by atoms with van der Waals surface area (Å²) in [5, 5.41) is 10.0. The molecule has 0 bridgehead atoms. The van der Waals surface area contributed by atoms with Gasteiger partial charge in [0, 0.05) is 23.6 Å². The van der Waals surface area contributed by atoms with E-state index < -0.39 is 0 Å². The van der Waals surface area contributed by atoms with Crippen LogP contribution in [0.25, 0.3) is 10.9 Å². The number of aryl methyl sites for hydroxylation is 1. The van der Waals surface area contributed by atoms with Gasteiger partial charge in [-0.15, -0.1) is 0 Å². The third kappa shape index (κ3) is 2.23. The molecule has 4 heteroatoms. The molecule has 1 heterocycles. The van der Waals surface area contributed by atoms with Crippen LogP contribution < -0.4 is 4.90 Å². The molecule has 0 atom stereocenters. The molecule has 1 aromatic heterocycles. The molecular weight excluding hydrogens is 265 g/mol. The molecule has 0 aliphatic carbocycles. The van der Waals surface area contributed by atoms with E-state index in [9.17, 15) is 4.39 Å². The highest BCUT2D eigenvalue weighted by Crippen LogP contribution is 2.32. The molecule has 0 amide bonds. The zero-order valence-electron chi connectivity index (χ0n) is 11.8. The quantitative estimate of drug-likeness (QED) is 0.761. The van der Waals surface area contributed by atoms with Crippen molar-refractivity contribution in [2.24, 2.45) is 0 Å². The third-order valence-electron chi connectivity index (χ3n) is 3.69. The molecule has 0 fully saturated rings. The van der Waals surface area contributed by atoms with Crippen LogP contribution in [0, 0.1) is 24.1 Å². The van der Waals surface area contributed by atoms with E-state index in [2.05, 4.69) is 11.1 Å². The second kappa shape index (κ2) is 4.95. The van der Waals surface area contributed by atoms with Crippen molar-refractivity contribution < 1.29 is 4.39 Å². The van der Waals surface area contributed by atoms with Crippen LogP contribution in [-0.4, -0.2) is 12.0 Å². The minimum atomic E-state index is -0.264. The van der Waals surface area contributed by atoms with Gasteiger partial charge >= 0.3 is 0 Å². The van der Waals surface area contributed by atoms with Gasteiger partial charge in [0.15, 0.2) is 0 Å². The minimum Gasteiger partial charge on any atom is -0.341 e. The zero-order valence-corrected chi connectivity index (χ0v) is 11.8. The number of hydrogen-bond acceptors (Lipinski definition) is 2. The van der Waals surface area contributed by atoms with Crippen LogP contribution in [0.4, 0.5) is 15.9 Å². The van der Waals surface area contributed by atoms with Gasteiger partial charge in [0.2, 0.25) is 0 Å². The highest BCUT2D eigenvalue weighted by atomic mass is 19.1. The van der Waals surface area contributed by atoms with Crippen LogP contribution in [0.1, 0.15) is 11.1 Å². The predicted octanol–water partition coefficient (Wildman–Crippen LogP) is 4.26. The van der Waals surface area contributed by atoms with Crippen molar-refractivity contribution in [1.82, 2.24) is 4.98 Å². The first-order valence-electron chi connectivity index (χ1n) is 6.62. The van der Waals surface area contributed by atoms with E-state index >= 15 is 0 Å². The Morgan fingerprint density at radius 1 is 1.19 bits per heavy atom.